The number of rotatable bonds is 3. The molecule has 0 bridgehead atoms. The van der Waals surface area contributed by atoms with Crippen LogP contribution in [0.5, 0.6) is 0 Å². The fourth-order valence-electron chi connectivity index (χ4n) is 3.96. The van der Waals surface area contributed by atoms with Gasteiger partial charge in [0.15, 0.2) is 0 Å². The van der Waals surface area contributed by atoms with Gasteiger partial charge in [-0.25, -0.2) is 4.79 Å². The summed E-state index contributed by atoms with van der Waals surface area (Å²) in [4.78, 5) is 29.3. The van der Waals surface area contributed by atoms with Gasteiger partial charge in [-0.2, -0.15) is 5.10 Å². The Labute approximate surface area is 177 Å². The van der Waals surface area contributed by atoms with Gasteiger partial charge in [0.25, 0.3) is 0 Å². The maximum atomic E-state index is 13.0. The van der Waals surface area contributed by atoms with Crippen LogP contribution in [-0.4, -0.2) is 46.8 Å². The van der Waals surface area contributed by atoms with Crippen LogP contribution in [0.15, 0.2) is 63.9 Å². The van der Waals surface area contributed by atoms with E-state index in [2.05, 4.69) is 10.00 Å². The Hall–Kier alpha value is -3.32. The second-order valence-corrected chi connectivity index (χ2v) is 7.73. The molecule has 1 saturated heterocycles. The Morgan fingerprint density at radius 2 is 1.83 bits per heavy atom. The predicted octanol–water partition coefficient (Wildman–Crippen LogP) is 3.14. The minimum atomic E-state index is -0.447. The third-order valence-electron chi connectivity index (χ3n) is 5.49. The molecule has 0 atom stereocenters. The lowest BCUT2D eigenvalue weighted by molar-refractivity contribution is -0.132. The monoisotopic (exact) mass is 422 g/mol. The minimum absolute atomic E-state index is 0.0249. The summed E-state index contributed by atoms with van der Waals surface area (Å²) in [7, 11) is 0. The smallest absolute Gasteiger partial charge is 0.347 e. The predicted molar refractivity (Wildman–Crippen MR) is 116 cm³/mol. The zero-order valence-electron chi connectivity index (χ0n) is 16.1. The number of piperazine rings is 1. The summed E-state index contributed by atoms with van der Waals surface area (Å²) in [6, 6.07) is 15.0. The van der Waals surface area contributed by atoms with Gasteiger partial charge in [-0.1, -0.05) is 29.8 Å². The number of fused-ring (bicyclic) bond motifs is 3. The van der Waals surface area contributed by atoms with E-state index in [4.69, 9.17) is 16.0 Å². The van der Waals surface area contributed by atoms with E-state index in [-0.39, 0.29) is 12.5 Å². The van der Waals surface area contributed by atoms with E-state index in [1.165, 1.54) is 6.20 Å². The van der Waals surface area contributed by atoms with E-state index in [0.717, 1.165) is 24.2 Å². The topological polar surface area (TPSA) is 71.6 Å². The Bertz CT molecular complexity index is 1300. The average molecular weight is 423 g/mol. The number of para-hydroxylation sites is 1. The average Bonchev–Trinajstić information content (AvgIpc) is 3.18. The van der Waals surface area contributed by atoms with Gasteiger partial charge >= 0.3 is 5.63 Å². The molecule has 4 aromatic rings. The molecule has 0 saturated carbocycles. The highest BCUT2D eigenvalue weighted by molar-refractivity contribution is 6.30. The van der Waals surface area contributed by atoms with Gasteiger partial charge in [0.2, 0.25) is 5.91 Å². The summed E-state index contributed by atoms with van der Waals surface area (Å²) < 4.78 is 6.95. The molecule has 0 radical (unpaired) electrons. The number of hydrogen-bond donors (Lipinski definition) is 0. The first kappa shape index (κ1) is 18.7. The van der Waals surface area contributed by atoms with Crippen LogP contribution in [0.4, 0.5) is 5.69 Å². The molecule has 1 fully saturated rings. The highest BCUT2D eigenvalue weighted by Crippen LogP contribution is 2.23. The van der Waals surface area contributed by atoms with Crippen molar-refractivity contribution in [1.82, 2.24) is 14.7 Å². The second kappa shape index (κ2) is 7.50. The van der Waals surface area contributed by atoms with E-state index < -0.39 is 5.63 Å². The van der Waals surface area contributed by atoms with Crippen molar-refractivity contribution in [1.29, 1.82) is 0 Å². The van der Waals surface area contributed by atoms with Crippen molar-refractivity contribution in [3.63, 3.8) is 0 Å². The molecule has 30 heavy (non-hydrogen) atoms. The first-order valence-electron chi connectivity index (χ1n) is 9.76. The van der Waals surface area contributed by atoms with Crippen LogP contribution < -0.4 is 10.5 Å². The first-order chi connectivity index (χ1) is 14.6. The van der Waals surface area contributed by atoms with Crippen LogP contribution in [0.1, 0.15) is 0 Å². The number of halogens is 1. The van der Waals surface area contributed by atoms with Gasteiger partial charge in [0.05, 0.1) is 11.7 Å². The van der Waals surface area contributed by atoms with E-state index in [1.54, 1.807) is 10.7 Å². The van der Waals surface area contributed by atoms with Crippen molar-refractivity contribution in [2.24, 2.45) is 0 Å². The fraction of sp³-hybridized carbons (Fsp3) is 0.227. The van der Waals surface area contributed by atoms with Crippen molar-refractivity contribution >= 4 is 45.1 Å². The molecule has 5 rings (SSSR count). The lowest BCUT2D eigenvalue weighted by atomic mass is 10.2. The Kier molecular flexibility index (Phi) is 4.67. The van der Waals surface area contributed by atoms with Crippen LogP contribution in [0.2, 0.25) is 5.02 Å². The number of nitrogens with zero attached hydrogens (tertiary/aromatic N) is 4. The zero-order valence-corrected chi connectivity index (χ0v) is 16.9. The number of carbonyl (C=O) groups is 1. The van der Waals surface area contributed by atoms with E-state index >= 15 is 0 Å². The molecule has 0 unspecified atom stereocenters. The molecule has 0 aliphatic carbocycles. The number of carbonyl (C=O) groups excluding carboxylic acids is 1. The minimum Gasteiger partial charge on any atom is -0.422 e. The molecule has 0 spiro atoms. The van der Waals surface area contributed by atoms with Crippen LogP contribution >= 0.6 is 11.6 Å². The van der Waals surface area contributed by atoms with E-state index in [1.807, 2.05) is 47.4 Å². The fourth-order valence-corrected chi connectivity index (χ4v) is 4.14. The molecule has 0 N–H and O–H groups in total. The van der Waals surface area contributed by atoms with Crippen LogP contribution in [0.25, 0.3) is 21.9 Å². The number of aromatic nitrogens is 2. The molecule has 1 aliphatic rings. The van der Waals surface area contributed by atoms with Crippen LogP contribution in [0.3, 0.4) is 0 Å². The maximum absolute atomic E-state index is 13.0. The quantitative estimate of drug-likeness (QED) is 0.474. The van der Waals surface area contributed by atoms with E-state index in [0.29, 0.717) is 34.6 Å². The standard InChI is InChI=1S/C22H19ClN4O3/c23-15-4-3-5-16(12-15)25-8-10-26(11-9-25)20(28)14-27-21-17-6-1-2-7-19(17)30-22(29)18(21)13-24-27/h1-7,12-13H,8-11,14H2. The summed E-state index contributed by atoms with van der Waals surface area (Å²) in [6.07, 6.45) is 1.47. The van der Waals surface area contributed by atoms with Gasteiger partial charge in [0.1, 0.15) is 17.5 Å². The van der Waals surface area contributed by atoms with Crippen molar-refractivity contribution < 1.29 is 9.21 Å². The van der Waals surface area contributed by atoms with Gasteiger partial charge in [-0.3, -0.25) is 9.48 Å². The van der Waals surface area contributed by atoms with Gasteiger partial charge in [-0.05, 0) is 30.3 Å². The Balaban J connectivity index is 1.35. The van der Waals surface area contributed by atoms with Gasteiger partial charge in [0, 0.05) is 42.3 Å². The van der Waals surface area contributed by atoms with E-state index in [9.17, 15) is 9.59 Å². The third kappa shape index (κ3) is 3.31. The number of amides is 1. The van der Waals surface area contributed by atoms with Crippen LogP contribution in [-0.2, 0) is 11.3 Å². The molecule has 1 aliphatic heterocycles. The summed E-state index contributed by atoms with van der Waals surface area (Å²) in [5.41, 5.74) is 1.73. The highest BCUT2D eigenvalue weighted by atomic mass is 35.5. The lowest BCUT2D eigenvalue weighted by Crippen LogP contribution is -2.49. The first-order valence-corrected chi connectivity index (χ1v) is 10.1. The number of anilines is 1. The summed E-state index contributed by atoms with van der Waals surface area (Å²) in [5.74, 6) is -0.0249. The molecular formula is C22H19ClN4O3. The van der Waals surface area contributed by atoms with Crippen molar-refractivity contribution in [2.45, 2.75) is 6.54 Å². The van der Waals surface area contributed by atoms with Crippen molar-refractivity contribution in [3.05, 3.63) is 70.2 Å². The Morgan fingerprint density at radius 3 is 2.63 bits per heavy atom. The number of hydrogen-bond acceptors (Lipinski definition) is 5. The molecule has 1 amide bonds. The molecule has 2 aromatic carbocycles. The lowest BCUT2D eigenvalue weighted by Gasteiger charge is -2.36. The molecule has 3 heterocycles. The number of benzene rings is 2. The highest BCUT2D eigenvalue weighted by Gasteiger charge is 2.23. The summed E-state index contributed by atoms with van der Waals surface area (Å²) >= 11 is 6.09. The molecule has 152 valence electrons. The summed E-state index contributed by atoms with van der Waals surface area (Å²) in [5, 5.41) is 6.15. The normalized spacial score (nSPS) is 14.6. The van der Waals surface area contributed by atoms with Crippen LogP contribution in [0, 0.1) is 0 Å². The van der Waals surface area contributed by atoms with Crippen molar-refractivity contribution in [3.8, 4) is 0 Å². The SMILES string of the molecule is O=C(Cn1ncc2c(=O)oc3ccccc3c21)N1CCN(c2cccc(Cl)c2)CC1. The van der Waals surface area contributed by atoms with Crippen molar-refractivity contribution in [2.75, 3.05) is 31.1 Å². The second-order valence-electron chi connectivity index (χ2n) is 7.30. The summed E-state index contributed by atoms with van der Waals surface area (Å²) in [6.45, 7) is 2.78. The molecular weight excluding hydrogens is 404 g/mol. The maximum Gasteiger partial charge on any atom is 0.347 e. The largest absolute Gasteiger partial charge is 0.422 e. The zero-order chi connectivity index (χ0) is 20.7. The molecule has 8 heteroatoms. The van der Waals surface area contributed by atoms with Gasteiger partial charge in [-0.15, -0.1) is 0 Å². The Morgan fingerprint density at radius 1 is 1.03 bits per heavy atom. The molecule has 2 aromatic heterocycles. The molecule has 7 nitrogen and oxygen atoms in total. The van der Waals surface area contributed by atoms with Gasteiger partial charge < -0.3 is 14.2 Å². The third-order valence-corrected chi connectivity index (χ3v) is 5.73.